The predicted molar refractivity (Wildman–Crippen MR) is 78.0 cm³/mol. The zero-order valence-corrected chi connectivity index (χ0v) is 12.2. The molecule has 1 fully saturated rings. The molecule has 1 aromatic rings. The van der Waals surface area contributed by atoms with Gasteiger partial charge < -0.3 is 10.2 Å². The molecule has 0 bridgehead atoms. The van der Waals surface area contributed by atoms with Crippen molar-refractivity contribution < 1.29 is 4.92 Å². The first kappa shape index (κ1) is 14.8. The lowest BCUT2D eigenvalue weighted by Crippen LogP contribution is -2.37. The van der Waals surface area contributed by atoms with E-state index in [1.165, 1.54) is 10.9 Å². The average Bonchev–Trinajstić information content (AvgIpc) is 2.82. The molecule has 0 atom stereocenters. The standard InChI is InChI=1S/C13H23N5O2/c1-3-8-17(9-11-4-6-14-7-5-11)13-12(18(19)20)10-16(2)15-13/h10-11,14H,3-9H2,1-2H3. The predicted octanol–water partition coefficient (Wildman–Crippen LogP) is 1.54. The molecule has 7 heteroatoms. The van der Waals surface area contributed by atoms with Crippen LogP contribution in [-0.4, -0.2) is 40.9 Å². The molecule has 0 radical (unpaired) electrons. The fraction of sp³-hybridized carbons (Fsp3) is 0.769. The number of hydrogen-bond donors (Lipinski definition) is 1. The topological polar surface area (TPSA) is 76.2 Å². The lowest BCUT2D eigenvalue weighted by Gasteiger charge is -2.29. The highest BCUT2D eigenvalue weighted by Gasteiger charge is 2.26. The first-order valence-electron chi connectivity index (χ1n) is 7.25. The summed E-state index contributed by atoms with van der Waals surface area (Å²) < 4.78 is 1.53. The summed E-state index contributed by atoms with van der Waals surface area (Å²) in [6, 6.07) is 0. The van der Waals surface area contributed by atoms with E-state index in [-0.39, 0.29) is 10.6 Å². The first-order chi connectivity index (χ1) is 9.61. The van der Waals surface area contributed by atoms with E-state index in [1.807, 2.05) is 0 Å². The first-order valence-corrected chi connectivity index (χ1v) is 7.25. The second-order valence-corrected chi connectivity index (χ2v) is 5.41. The monoisotopic (exact) mass is 281 g/mol. The molecule has 1 aliphatic rings. The summed E-state index contributed by atoms with van der Waals surface area (Å²) in [6.07, 6.45) is 4.70. The van der Waals surface area contributed by atoms with Crippen molar-refractivity contribution in [3.05, 3.63) is 16.3 Å². The van der Waals surface area contributed by atoms with E-state index in [0.717, 1.165) is 45.4 Å². The summed E-state index contributed by atoms with van der Waals surface area (Å²) in [5.41, 5.74) is 0.106. The van der Waals surface area contributed by atoms with Crippen molar-refractivity contribution in [2.45, 2.75) is 26.2 Å². The lowest BCUT2D eigenvalue weighted by molar-refractivity contribution is -0.384. The molecule has 7 nitrogen and oxygen atoms in total. The molecule has 0 unspecified atom stereocenters. The third-order valence-corrected chi connectivity index (χ3v) is 3.72. The van der Waals surface area contributed by atoms with Crippen molar-refractivity contribution in [1.82, 2.24) is 15.1 Å². The van der Waals surface area contributed by atoms with Crippen LogP contribution < -0.4 is 10.2 Å². The molecule has 2 heterocycles. The summed E-state index contributed by atoms with van der Waals surface area (Å²) in [7, 11) is 1.73. The molecule has 20 heavy (non-hydrogen) atoms. The molecule has 0 saturated carbocycles. The number of nitro groups is 1. The van der Waals surface area contributed by atoms with Crippen LogP contribution in [0.1, 0.15) is 26.2 Å². The van der Waals surface area contributed by atoms with Gasteiger partial charge in [-0.3, -0.25) is 14.8 Å². The summed E-state index contributed by atoms with van der Waals surface area (Å²) in [5.74, 6) is 1.10. The van der Waals surface area contributed by atoms with Gasteiger partial charge in [0.15, 0.2) is 0 Å². The number of rotatable bonds is 6. The lowest BCUT2D eigenvalue weighted by atomic mass is 9.97. The molecule has 1 aromatic heterocycles. The van der Waals surface area contributed by atoms with Crippen LogP contribution in [0.25, 0.3) is 0 Å². The highest BCUT2D eigenvalue weighted by atomic mass is 16.6. The van der Waals surface area contributed by atoms with Crippen LogP contribution in [0.4, 0.5) is 11.5 Å². The third kappa shape index (κ3) is 3.47. The Balaban J connectivity index is 2.16. The van der Waals surface area contributed by atoms with Crippen molar-refractivity contribution >= 4 is 11.5 Å². The quantitative estimate of drug-likeness (QED) is 0.632. The van der Waals surface area contributed by atoms with Crippen LogP contribution in [0.15, 0.2) is 6.20 Å². The van der Waals surface area contributed by atoms with Crippen LogP contribution in [-0.2, 0) is 7.05 Å². The van der Waals surface area contributed by atoms with Gasteiger partial charge in [0.2, 0.25) is 5.82 Å². The van der Waals surface area contributed by atoms with E-state index in [9.17, 15) is 10.1 Å². The maximum Gasteiger partial charge on any atom is 0.330 e. The second kappa shape index (κ2) is 6.69. The van der Waals surface area contributed by atoms with E-state index in [0.29, 0.717) is 11.7 Å². The largest absolute Gasteiger partial charge is 0.349 e. The number of nitrogens with zero attached hydrogens (tertiary/aromatic N) is 4. The second-order valence-electron chi connectivity index (χ2n) is 5.41. The average molecular weight is 281 g/mol. The van der Waals surface area contributed by atoms with Crippen molar-refractivity contribution in [2.75, 3.05) is 31.1 Å². The third-order valence-electron chi connectivity index (χ3n) is 3.72. The van der Waals surface area contributed by atoms with E-state index >= 15 is 0 Å². The van der Waals surface area contributed by atoms with E-state index in [2.05, 4.69) is 22.2 Å². The SMILES string of the molecule is CCCN(CC1CCNCC1)c1nn(C)cc1[N+](=O)[O-]. The maximum absolute atomic E-state index is 11.2. The Labute approximate surface area is 119 Å². The van der Waals surface area contributed by atoms with Crippen LogP contribution in [0.5, 0.6) is 0 Å². The molecular weight excluding hydrogens is 258 g/mol. The van der Waals surface area contributed by atoms with Crippen LogP contribution in [0.3, 0.4) is 0 Å². The van der Waals surface area contributed by atoms with Gasteiger partial charge in [-0.15, -0.1) is 5.10 Å². The Morgan fingerprint density at radius 2 is 2.25 bits per heavy atom. The number of anilines is 1. The molecule has 0 aromatic carbocycles. The van der Waals surface area contributed by atoms with E-state index < -0.39 is 0 Å². The Hall–Kier alpha value is -1.63. The van der Waals surface area contributed by atoms with Crippen LogP contribution in [0, 0.1) is 16.0 Å². The highest BCUT2D eigenvalue weighted by Crippen LogP contribution is 2.28. The van der Waals surface area contributed by atoms with Gasteiger partial charge in [0, 0.05) is 20.1 Å². The number of piperidine rings is 1. The highest BCUT2D eigenvalue weighted by molar-refractivity contribution is 5.56. The molecule has 112 valence electrons. The number of aromatic nitrogens is 2. The summed E-state index contributed by atoms with van der Waals surface area (Å²) in [5, 5.41) is 18.8. The summed E-state index contributed by atoms with van der Waals surface area (Å²) in [4.78, 5) is 12.9. The fourth-order valence-electron chi connectivity index (χ4n) is 2.75. The molecule has 1 saturated heterocycles. The van der Waals surface area contributed by atoms with Crippen LogP contribution >= 0.6 is 0 Å². The molecular formula is C13H23N5O2. The molecule has 1 aliphatic heterocycles. The number of nitrogens with one attached hydrogen (secondary N) is 1. The summed E-state index contributed by atoms with van der Waals surface area (Å²) >= 11 is 0. The van der Waals surface area contributed by atoms with Gasteiger partial charge in [0.1, 0.15) is 6.20 Å². The summed E-state index contributed by atoms with van der Waals surface area (Å²) in [6.45, 7) is 5.82. The van der Waals surface area contributed by atoms with Gasteiger partial charge in [0.05, 0.1) is 4.92 Å². The van der Waals surface area contributed by atoms with E-state index in [4.69, 9.17) is 0 Å². The molecule has 0 amide bonds. The minimum atomic E-state index is -0.340. The number of aryl methyl sites for hydroxylation is 1. The molecule has 1 N–H and O–H groups in total. The molecule has 0 spiro atoms. The maximum atomic E-state index is 11.2. The minimum Gasteiger partial charge on any atom is -0.349 e. The van der Waals surface area contributed by atoms with Crippen molar-refractivity contribution in [2.24, 2.45) is 13.0 Å². The zero-order valence-electron chi connectivity index (χ0n) is 12.2. The Bertz CT molecular complexity index is 454. The van der Waals surface area contributed by atoms with Gasteiger partial charge in [-0.05, 0) is 38.3 Å². The minimum absolute atomic E-state index is 0.106. The van der Waals surface area contributed by atoms with Crippen molar-refractivity contribution in [3.8, 4) is 0 Å². The zero-order chi connectivity index (χ0) is 14.5. The van der Waals surface area contributed by atoms with Gasteiger partial charge in [-0.2, -0.15) is 0 Å². The molecule has 2 rings (SSSR count). The van der Waals surface area contributed by atoms with Crippen molar-refractivity contribution in [1.29, 1.82) is 0 Å². The fourth-order valence-corrected chi connectivity index (χ4v) is 2.75. The van der Waals surface area contributed by atoms with Gasteiger partial charge in [0.25, 0.3) is 0 Å². The number of hydrogen-bond acceptors (Lipinski definition) is 5. The van der Waals surface area contributed by atoms with Crippen molar-refractivity contribution in [3.63, 3.8) is 0 Å². The van der Waals surface area contributed by atoms with E-state index in [1.54, 1.807) is 7.05 Å². The Morgan fingerprint density at radius 3 is 2.85 bits per heavy atom. The van der Waals surface area contributed by atoms with Gasteiger partial charge >= 0.3 is 5.69 Å². The van der Waals surface area contributed by atoms with Gasteiger partial charge in [-0.25, -0.2) is 0 Å². The molecule has 0 aliphatic carbocycles. The Morgan fingerprint density at radius 1 is 1.55 bits per heavy atom. The Kier molecular flexibility index (Phi) is 4.94. The van der Waals surface area contributed by atoms with Crippen LogP contribution in [0.2, 0.25) is 0 Å². The smallest absolute Gasteiger partial charge is 0.330 e. The van der Waals surface area contributed by atoms with Gasteiger partial charge in [-0.1, -0.05) is 6.92 Å². The normalized spacial score (nSPS) is 16.3.